The summed E-state index contributed by atoms with van der Waals surface area (Å²) in [4.78, 5) is 10.2. The van der Waals surface area contributed by atoms with Crippen LogP contribution in [0.15, 0.2) is 65.7 Å². The van der Waals surface area contributed by atoms with Crippen LogP contribution in [0.1, 0.15) is 11.4 Å². The van der Waals surface area contributed by atoms with Crippen molar-refractivity contribution >= 4 is 17.5 Å². The highest BCUT2D eigenvalue weighted by Gasteiger charge is 2.10. The van der Waals surface area contributed by atoms with Gasteiger partial charge in [0.2, 0.25) is 0 Å². The van der Waals surface area contributed by atoms with E-state index in [1.54, 1.807) is 25.1 Å². The van der Waals surface area contributed by atoms with E-state index in [1.807, 2.05) is 22.7 Å². The molecule has 0 aliphatic rings. The molecule has 2 aromatic carbocycles. The fourth-order valence-electron chi connectivity index (χ4n) is 2.97. The second-order valence-electron chi connectivity index (χ2n) is 6.15. The Labute approximate surface area is 162 Å². The lowest BCUT2D eigenvalue weighted by Gasteiger charge is -2.04. The van der Waals surface area contributed by atoms with Crippen molar-refractivity contribution in [3.05, 3.63) is 72.2 Å². The number of nitrogens with zero attached hydrogens (tertiary/aromatic N) is 4. The van der Waals surface area contributed by atoms with E-state index in [-0.39, 0.29) is 0 Å². The summed E-state index contributed by atoms with van der Waals surface area (Å²) in [5.74, 6) is 2.30. The van der Waals surface area contributed by atoms with E-state index in [1.165, 1.54) is 10.5 Å². The lowest BCUT2D eigenvalue weighted by molar-refractivity contribution is 0.414. The molecule has 27 heavy (non-hydrogen) atoms. The molecule has 0 fully saturated rings. The zero-order valence-corrected chi connectivity index (χ0v) is 16.1. The first-order valence-electron chi connectivity index (χ1n) is 8.75. The van der Waals surface area contributed by atoms with Crippen molar-refractivity contribution in [3.63, 3.8) is 0 Å². The molecule has 5 nitrogen and oxygen atoms in total. The fourth-order valence-corrected chi connectivity index (χ4v) is 3.38. The van der Waals surface area contributed by atoms with Crippen LogP contribution in [0.25, 0.3) is 17.0 Å². The Hall–Kier alpha value is -2.86. The van der Waals surface area contributed by atoms with Gasteiger partial charge in [-0.2, -0.15) is 9.50 Å². The normalized spacial score (nSPS) is 11.0. The highest BCUT2D eigenvalue weighted by atomic mass is 32.2. The molecule has 0 saturated heterocycles. The number of rotatable bonds is 6. The molecule has 0 amide bonds. The van der Waals surface area contributed by atoms with Gasteiger partial charge < -0.3 is 4.74 Å². The van der Waals surface area contributed by atoms with Gasteiger partial charge in [0.1, 0.15) is 5.75 Å². The predicted molar refractivity (Wildman–Crippen MR) is 108 cm³/mol. The Morgan fingerprint density at radius 3 is 2.44 bits per heavy atom. The van der Waals surface area contributed by atoms with Crippen molar-refractivity contribution in [2.45, 2.75) is 17.7 Å². The van der Waals surface area contributed by atoms with Crippen molar-refractivity contribution < 1.29 is 4.74 Å². The van der Waals surface area contributed by atoms with Gasteiger partial charge in [0.05, 0.1) is 12.8 Å². The number of aryl methyl sites for hydroxylation is 2. The van der Waals surface area contributed by atoms with Crippen LogP contribution in [0.2, 0.25) is 0 Å². The summed E-state index contributed by atoms with van der Waals surface area (Å²) in [5, 5.41) is 4.69. The molecule has 4 rings (SSSR count). The minimum atomic E-state index is 0.631. The van der Waals surface area contributed by atoms with Crippen LogP contribution in [0.4, 0.5) is 0 Å². The van der Waals surface area contributed by atoms with Crippen LogP contribution in [-0.4, -0.2) is 32.9 Å². The Morgan fingerprint density at radius 2 is 1.74 bits per heavy atom. The van der Waals surface area contributed by atoms with E-state index in [4.69, 9.17) is 9.84 Å². The van der Waals surface area contributed by atoms with Crippen molar-refractivity contribution in [2.75, 3.05) is 13.4 Å². The standard InChI is InChI=1S/C21H20N4OS/c1-26-17-8-3-15(4-9-17)5-12-20-23-21-22-14-13-19(25(21)24-20)16-6-10-18(27-2)11-7-16/h3-4,6-11,13-14H,5,12H2,1-2H3. The van der Waals surface area contributed by atoms with Crippen LogP contribution in [-0.2, 0) is 12.8 Å². The second kappa shape index (κ2) is 7.80. The minimum absolute atomic E-state index is 0.631. The monoisotopic (exact) mass is 376 g/mol. The molecule has 4 aromatic rings. The molecule has 0 bridgehead atoms. The van der Waals surface area contributed by atoms with Crippen LogP contribution >= 0.6 is 11.8 Å². The molecule has 136 valence electrons. The third kappa shape index (κ3) is 3.80. The van der Waals surface area contributed by atoms with Gasteiger partial charge in [-0.1, -0.05) is 24.3 Å². The van der Waals surface area contributed by atoms with Crippen molar-refractivity contribution in [2.24, 2.45) is 0 Å². The molecule has 0 atom stereocenters. The van der Waals surface area contributed by atoms with Gasteiger partial charge in [-0.3, -0.25) is 0 Å². The molecule has 0 N–H and O–H groups in total. The second-order valence-corrected chi connectivity index (χ2v) is 7.03. The quantitative estimate of drug-likeness (QED) is 0.470. The molecule has 2 aromatic heterocycles. The first kappa shape index (κ1) is 17.5. The average molecular weight is 376 g/mol. The van der Waals surface area contributed by atoms with Crippen LogP contribution < -0.4 is 4.74 Å². The Bertz CT molecular complexity index is 1040. The number of benzene rings is 2. The first-order chi connectivity index (χ1) is 13.3. The van der Waals surface area contributed by atoms with Gasteiger partial charge in [0, 0.05) is 23.1 Å². The van der Waals surface area contributed by atoms with Crippen LogP contribution in [0.5, 0.6) is 5.75 Å². The highest BCUT2D eigenvalue weighted by Crippen LogP contribution is 2.23. The zero-order chi connectivity index (χ0) is 18.6. The summed E-state index contributed by atoms with van der Waals surface area (Å²) in [7, 11) is 1.68. The van der Waals surface area contributed by atoms with E-state index in [0.717, 1.165) is 35.7 Å². The van der Waals surface area contributed by atoms with Gasteiger partial charge >= 0.3 is 0 Å². The van der Waals surface area contributed by atoms with Gasteiger partial charge in [-0.25, -0.2) is 4.98 Å². The maximum absolute atomic E-state index is 5.20. The molecular weight excluding hydrogens is 356 g/mol. The van der Waals surface area contributed by atoms with E-state index in [0.29, 0.717) is 5.78 Å². The molecule has 0 unspecified atom stereocenters. The van der Waals surface area contributed by atoms with E-state index < -0.39 is 0 Å². The van der Waals surface area contributed by atoms with E-state index >= 15 is 0 Å². The van der Waals surface area contributed by atoms with Crippen molar-refractivity contribution in [1.82, 2.24) is 19.6 Å². The number of aromatic nitrogens is 4. The maximum Gasteiger partial charge on any atom is 0.252 e. The minimum Gasteiger partial charge on any atom is -0.497 e. The lowest BCUT2D eigenvalue weighted by Crippen LogP contribution is -1.97. The Balaban J connectivity index is 1.58. The third-order valence-electron chi connectivity index (χ3n) is 4.47. The highest BCUT2D eigenvalue weighted by molar-refractivity contribution is 7.98. The van der Waals surface area contributed by atoms with E-state index in [2.05, 4.69) is 52.6 Å². The molecule has 0 saturated carbocycles. The Morgan fingerprint density at radius 1 is 0.963 bits per heavy atom. The predicted octanol–water partition coefficient (Wildman–Crippen LogP) is 4.31. The third-order valence-corrected chi connectivity index (χ3v) is 5.21. The number of hydrogen-bond acceptors (Lipinski definition) is 5. The van der Waals surface area contributed by atoms with E-state index in [9.17, 15) is 0 Å². The molecule has 0 spiro atoms. The number of methoxy groups -OCH3 is 1. The van der Waals surface area contributed by atoms with Crippen LogP contribution in [0, 0.1) is 0 Å². The number of fused-ring (bicyclic) bond motifs is 1. The molecule has 6 heteroatoms. The summed E-state index contributed by atoms with van der Waals surface area (Å²) in [6, 6.07) is 18.5. The largest absolute Gasteiger partial charge is 0.497 e. The summed E-state index contributed by atoms with van der Waals surface area (Å²) in [6.45, 7) is 0. The maximum atomic E-state index is 5.20. The zero-order valence-electron chi connectivity index (χ0n) is 15.3. The van der Waals surface area contributed by atoms with Gasteiger partial charge in [-0.05, 0) is 48.6 Å². The van der Waals surface area contributed by atoms with Gasteiger partial charge in [0.25, 0.3) is 5.78 Å². The molecule has 0 aliphatic heterocycles. The van der Waals surface area contributed by atoms with Gasteiger partial charge in [-0.15, -0.1) is 16.9 Å². The summed E-state index contributed by atoms with van der Waals surface area (Å²) in [5.41, 5.74) is 3.33. The SMILES string of the molecule is COc1ccc(CCc2nc3nccc(-c4ccc(SC)cc4)n3n2)cc1. The topological polar surface area (TPSA) is 52.3 Å². The van der Waals surface area contributed by atoms with Crippen LogP contribution in [0.3, 0.4) is 0 Å². The summed E-state index contributed by atoms with van der Waals surface area (Å²) >= 11 is 1.73. The van der Waals surface area contributed by atoms with Gasteiger partial charge in [0.15, 0.2) is 5.82 Å². The Kier molecular flexibility index (Phi) is 5.07. The smallest absolute Gasteiger partial charge is 0.252 e. The summed E-state index contributed by atoms with van der Waals surface area (Å²) in [6.07, 6.45) is 5.50. The molecular formula is C21H20N4OS. The lowest BCUT2D eigenvalue weighted by atomic mass is 10.1. The molecule has 0 radical (unpaired) electrons. The van der Waals surface area contributed by atoms with Crippen molar-refractivity contribution in [1.29, 1.82) is 0 Å². The van der Waals surface area contributed by atoms with Crippen molar-refractivity contribution in [3.8, 4) is 17.0 Å². The summed E-state index contributed by atoms with van der Waals surface area (Å²) < 4.78 is 7.03. The first-order valence-corrected chi connectivity index (χ1v) is 9.97. The number of thioether (sulfide) groups is 1. The number of ether oxygens (including phenoxy) is 1. The molecule has 0 aliphatic carbocycles. The molecule has 2 heterocycles. The number of hydrogen-bond donors (Lipinski definition) is 0. The fraction of sp³-hybridized carbons (Fsp3) is 0.190. The average Bonchev–Trinajstić information content (AvgIpc) is 3.16.